The number of benzene rings is 2. The van der Waals surface area contributed by atoms with E-state index in [4.69, 9.17) is 15.2 Å². The number of rotatable bonds is 9. The lowest BCUT2D eigenvalue weighted by atomic mass is 9.88. The number of methoxy groups -OCH3 is 1. The smallest absolute Gasteiger partial charge is 0.223 e. The first kappa shape index (κ1) is 25.4. The first-order valence-corrected chi connectivity index (χ1v) is 13.2. The van der Waals surface area contributed by atoms with Gasteiger partial charge < -0.3 is 25.0 Å². The molecule has 2 fully saturated rings. The SMILES string of the molecule is CCCc1ccc(C2CCN(CCC(=O)N3CCC(Oc4ccc(N)c(OC)c4)CC3)CC2)cc1. The second-order valence-electron chi connectivity index (χ2n) is 9.96. The second-order valence-corrected chi connectivity index (χ2v) is 9.96. The molecule has 2 aliphatic heterocycles. The Labute approximate surface area is 210 Å². The van der Waals surface area contributed by atoms with Gasteiger partial charge in [0.2, 0.25) is 5.91 Å². The lowest BCUT2D eigenvalue weighted by molar-refractivity contribution is -0.133. The summed E-state index contributed by atoms with van der Waals surface area (Å²) in [5.41, 5.74) is 9.40. The molecule has 35 heavy (non-hydrogen) atoms. The van der Waals surface area contributed by atoms with Gasteiger partial charge in [-0.15, -0.1) is 0 Å². The molecule has 2 heterocycles. The van der Waals surface area contributed by atoms with Crippen LogP contribution in [0.25, 0.3) is 0 Å². The quantitative estimate of drug-likeness (QED) is 0.520. The number of anilines is 1. The predicted octanol–water partition coefficient (Wildman–Crippen LogP) is 4.87. The first-order chi connectivity index (χ1) is 17.1. The van der Waals surface area contributed by atoms with E-state index in [1.807, 2.05) is 17.0 Å². The fourth-order valence-corrected chi connectivity index (χ4v) is 5.33. The highest BCUT2D eigenvalue weighted by atomic mass is 16.5. The summed E-state index contributed by atoms with van der Waals surface area (Å²) in [4.78, 5) is 17.3. The molecular weight excluding hydrogens is 438 g/mol. The molecule has 2 aromatic rings. The number of hydrogen-bond acceptors (Lipinski definition) is 5. The zero-order valence-electron chi connectivity index (χ0n) is 21.4. The van der Waals surface area contributed by atoms with E-state index in [9.17, 15) is 4.79 Å². The summed E-state index contributed by atoms with van der Waals surface area (Å²) in [6.07, 6.45) is 7.14. The number of aryl methyl sites for hydroxylation is 1. The van der Waals surface area contributed by atoms with Gasteiger partial charge in [0.15, 0.2) is 0 Å². The van der Waals surface area contributed by atoms with Gasteiger partial charge in [0, 0.05) is 45.0 Å². The van der Waals surface area contributed by atoms with Crippen molar-refractivity contribution >= 4 is 11.6 Å². The molecule has 6 heteroatoms. The van der Waals surface area contributed by atoms with E-state index in [1.165, 1.54) is 30.4 Å². The number of nitrogens with two attached hydrogens (primary N) is 1. The molecular formula is C29H41N3O3. The van der Waals surface area contributed by atoms with Gasteiger partial charge in [-0.2, -0.15) is 0 Å². The van der Waals surface area contributed by atoms with Gasteiger partial charge in [0.1, 0.15) is 17.6 Å². The number of amides is 1. The van der Waals surface area contributed by atoms with Gasteiger partial charge in [-0.3, -0.25) is 4.79 Å². The zero-order valence-corrected chi connectivity index (χ0v) is 21.4. The van der Waals surface area contributed by atoms with Crippen molar-refractivity contribution in [1.82, 2.24) is 9.80 Å². The maximum atomic E-state index is 12.8. The Morgan fingerprint density at radius 1 is 1.00 bits per heavy atom. The van der Waals surface area contributed by atoms with Gasteiger partial charge in [0.25, 0.3) is 0 Å². The molecule has 0 aromatic heterocycles. The molecule has 0 radical (unpaired) electrons. The molecule has 6 nitrogen and oxygen atoms in total. The maximum absolute atomic E-state index is 12.8. The maximum Gasteiger partial charge on any atom is 0.223 e. The summed E-state index contributed by atoms with van der Waals surface area (Å²) in [6, 6.07) is 14.8. The second kappa shape index (κ2) is 12.3. The fraction of sp³-hybridized carbons (Fsp3) is 0.552. The van der Waals surface area contributed by atoms with E-state index >= 15 is 0 Å². The Morgan fingerprint density at radius 2 is 1.71 bits per heavy atom. The van der Waals surface area contributed by atoms with Crippen molar-refractivity contribution in [2.75, 3.05) is 45.6 Å². The number of piperidine rings is 2. The van der Waals surface area contributed by atoms with Gasteiger partial charge >= 0.3 is 0 Å². The molecule has 0 saturated carbocycles. The van der Waals surface area contributed by atoms with Crippen molar-refractivity contribution in [3.05, 3.63) is 53.6 Å². The molecule has 2 saturated heterocycles. The Hall–Kier alpha value is -2.73. The van der Waals surface area contributed by atoms with Crippen LogP contribution in [-0.4, -0.2) is 61.6 Å². The highest BCUT2D eigenvalue weighted by Crippen LogP contribution is 2.30. The third-order valence-electron chi connectivity index (χ3n) is 7.52. The highest BCUT2D eigenvalue weighted by Gasteiger charge is 2.26. The third-order valence-corrected chi connectivity index (χ3v) is 7.52. The van der Waals surface area contributed by atoms with Gasteiger partial charge in [0.05, 0.1) is 12.8 Å². The van der Waals surface area contributed by atoms with Gasteiger partial charge in [-0.1, -0.05) is 37.6 Å². The number of ether oxygens (including phenoxy) is 2. The molecule has 0 spiro atoms. The van der Waals surface area contributed by atoms with Crippen LogP contribution in [-0.2, 0) is 11.2 Å². The van der Waals surface area contributed by atoms with E-state index in [2.05, 4.69) is 36.1 Å². The molecule has 2 aromatic carbocycles. The summed E-state index contributed by atoms with van der Waals surface area (Å²) in [7, 11) is 1.60. The zero-order chi connectivity index (χ0) is 24.6. The largest absolute Gasteiger partial charge is 0.494 e. The molecule has 1 amide bonds. The van der Waals surface area contributed by atoms with Crippen LogP contribution in [0, 0.1) is 0 Å². The molecule has 2 aliphatic rings. The standard InChI is InChI=1S/C29H41N3O3/c1-3-4-22-5-7-23(8-6-22)24-11-16-31(17-12-24)18-15-29(33)32-19-13-25(14-20-32)35-26-9-10-27(30)28(21-26)34-2/h5-10,21,24-25H,3-4,11-20,30H2,1-2H3. The van der Waals surface area contributed by atoms with Crippen LogP contribution >= 0.6 is 0 Å². The van der Waals surface area contributed by atoms with E-state index in [0.29, 0.717) is 23.8 Å². The van der Waals surface area contributed by atoms with Gasteiger partial charge in [-0.25, -0.2) is 0 Å². The van der Waals surface area contributed by atoms with Crippen molar-refractivity contribution in [2.24, 2.45) is 0 Å². The summed E-state index contributed by atoms with van der Waals surface area (Å²) >= 11 is 0. The van der Waals surface area contributed by atoms with E-state index < -0.39 is 0 Å². The number of carbonyl (C=O) groups is 1. The van der Waals surface area contributed by atoms with E-state index in [1.54, 1.807) is 13.2 Å². The number of nitrogen functional groups attached to an aromatic ring is 1. The van der Waals surface area contributed by atoms with Crippen molar-refractivity contribution in [3.63, 3.8) is 0 Å². The molecule has 0 unspecified atom stereocenters. The number of carbonyl (C=O) groups excluding carboxylic acids is 1. The van der Waals surface area contributed by atoms with Crippen LogP contribution < -0.4 is 15.2 Å². The average Bonchev–Trinajstić information content (AvgIpc) is 2.90. The van der Waals surface area contributed by atoms with Crippen molar-refractivity contribution in [3.8, 4) is 11.5 Å². The van der Waals surface area contributed by atoms with Crippen molar-refractivity contribution in [1.29, 1.82) is 0 Å². The van der Waals surface area contributed by atoms with Crippen LogP contribution in [0.3, 0.4) is 0 Å². The molecule has 0 atom stereocenters. The molecule has 4 rings (SSSR count). The monoisotopic (exact) mass is 479 g/mol. The summed E-state index contributed by atoms with van der Waals surface area (Å²) < 4.78 is 11.4. The lowest BCUT2D eigenvalue weighted by Gasteiger charge is -2.34. The number of nitrogens with zero attached hydrogens (tertiary/aromatic N) is 2. The summed E-state index contributed by atoms with van der Waals surface area (Å²) in [6.45, 7) is 6.76. The Morgan fingerprint density at radius 3 is 2.37 bits per heavy atom. The number of hydrogen-bond donors (Lipinski definition) is 1. The van der Waals surface area contributed by atoms with Crippen molar-refractivity contribution in [2.45, 2.75) is 63.9 Å². The van der Waals surface area contributed by atoms with E-state index in [0.717, 1.165) is 57.7 Å². The topological polar surface area (TPSA) is 68.0 Å². The Balaban J connectivity index is 1.15. The minimum atomic E-state index is 0.113. The molecule has 0 bridgehead atoms. The van der Waals surface area contributed by atoms with Gasteiger partial charge in [-0.05, 0) is 61.5 Å². The normalized spacial score (nSPS) is 17.9. The predicted molar refractivity (Wildman–Crippen MR) is 141 cm³/mol. The average molecular weight is 480 g/mol. The summed E-state index contributed by atoms with van der Waals surface area (Å²) in [5.74, 6) is 2.31. The minimum Gasteiger partial charge on any atom is -0.494 e. The third kappa shape index (κ3) is 6.91. The molecule has 2 N–H and O–H groups in total. The van der Waals surface area contributed by atoms with Crippen LogP contribution in [0.4, 0.5) is 5.69 Å². The molecule has 0 aliphatic carbocycles. The fourth-order valence-electron chi connectivity index (χ4n) is 5.33. The lowest BCUT2D eigenvalue weighted by Crippen LogP contribution is -2.43. The summed E-state index contributed by atoms with van der Waals surface area (Å²) in [5, 5.41) is 0. The Kier molecular flexibility index (Phi) is 8.91. The van der Waals surface area contributed by atoms with Crippen LogP contribution in [0.5, 0.6) is 11.5 Å². The number of likely N-dealkylation sites (tertiary alicyclic amines) is 2. The van der Waals surface area contributed by atoms with Crippen molar-refractivity contribution < 1.29 is 14.3 Å². The van der Waals surface area contributed by atoms with Crippen LogP contribution in [0.2, 0.25) is 0 Å². The first-order valence-electron chi connectivity index (χ1n) is 13.2. The molecule has 190 valence electrons. The minimum absolute atomic E-state index is 0.113. The Bertz CT molecular complexity index is 946. The van der Waals surface area contributed by atoms with E-state index in [-0.39, 0.29) is 12.0 Å². The van der Waals surface area contributed by atoms with Crippen LogP contribution in [0.1, 0.15) is 62.5 Å². The highest BCUT2D eigenvalue weighted by molar-refractivity contribution is 5.76. The van der Waals surface area contributed by atoms with Crippen LogP contribution in [0.15, 0.2) is 42.5 Å².